The van der Waals surface area contributed by atoms with Gasteiger partial charge in [-0.15, -0.1) is 0 Å². The first kappa shape index (κ1) is 55.1. The number of hydrogen-bond acceptors (Lipinski definition) is 7. The van der Waals surface area contributed by atoms with Crippen molar-refractivity contribution in [3.8, 4) is 0 Å². The molecule has 0 fully saturated rings. The maximum Gasteiger partial charge on any atom is 0.407 e. The smallest absolute Gasteiger partial charge is 0.407 e. The van der Waals surface area contributed by atoms with E-state index in [2.05, 4.69) is 19.2 Å². The van der Waals surface area contributed by atoms with Gasteiger partial charge in [-0.3, -0.25) is 0 Å². The van der Waals surface area contributed by atoms with Gasteiger partial charge in [-0.25, -0.2) is 4.79 Å². The molecule has 0 aliphatic heterocycles. The molecule has 0 heterocycles. The van der Waals surface area contributed by atoms with E-state index in [1.165, 1.54) is 193 Å². The molecule has 336 valence electrons. The molecule has 0 aliphatic rings. The molecule has 0 spiro atoms. The molecule has 0 saturated heterocycles. The molecule has 0 aromatic rings. The van der Waals surface area contributed by atoms with Crippen molar-refractivity contribution in [2.75, 3.05) is 65.9 Å². The van der Waals surface area contributed by atoms with Crippen molar-refractivity contribution < 1.29 is 28.5 Å². The predicted octanol–water partition coefficient (Wildman–Crippen LogP) is 13.4. The Kier molecular flexibility index (Phi) is 49.4. The summed E-state index contributed by atoms with van der Waals surface area (Å²) in [5.74, 6) is 0. The van der Waals surface area contributed by atoms with Crippen LogP contribution in [0.3, 0.4) is 0 Å². The van der Waals surface area contributed by atoms with Crippen molar-refractivity contribution in [3.63, 3.8) is 0 Å². The standard InChI is InChI=1S/C48H98N2O6/c1-3-5-7-9-11-13-15-17-19-21-23-25-27-29-31-33-39-54-45-47(46-56-48(51)50-38-44-53-42-36-41-52-40-35-37-49)55-43-34-32-30-28-26-24-22-20-18-16-14-12-10-8-6-4-2/h47H,3-46,49H2,1-2H3,(H,50,51)/t47-/m1/s1. The van der Waals surface area contributed by atoms with Gasteiger partial charge in [-0.05, 0) is 32.2 Å². The van der Waals surface area contributed by atoms with E-state index in [0.717, 1.165) is 32.3 Å². The van der Waals surface area contributed by atoms with Gasteiger partial charge in [0, 0.05) is 39.6 Å². The highest BCUT2D eigenvalue weighted by Crippen LogP contribution is 2.15. The maximum absolute atomic E-state index is 12.3. The van der Waals surface area contributed by atoms with Gasteiger partial charge in [-0.1, -0.05) is 206 Å². The third-order valence-electron chi connectivity index (χ3n) is 10.8. The Morgan fingerprint density at radius 3 is 1.20 bits per heavy atom. The van der Waals surface area contributed by atoms with E-state index in [4.69, 9.17) is 29.4 Å². The van der Waals surface area contributed by atoms with Crippen molar-refractivity contribution in [1.29, 1.82) is 0 Å². The third-order valence-corrected chi connectivity index (χ3v) is 10.8. The second kappa shape index (κ2) is 50.2. The molecular weight excluding hydrogens is 701 g/mol. The molecule has 1 amide bonds. The molecule has 0 saturated carbocycles. The molecular formula is C48H98N2O6. The van der Waals surface area contributed by atoms with Crippen LogP contribution in [-0.2, 0) is 23.7 Å². The zero-order chi connectivity index (χ0) is 40.5. The summed E-state index contributed by atoms with van der Waals surface area (Å²) in [6.45, 7) is 10.1. The monoisotopic (exact) mass is 799 g/mol. The van der Waals surface area contributed by atoms with Crippen molar-refractivity contribution >= 4 is 6.09 Å². The molecule has 1 atom stereocenters. The van der Waals surface area contributed by atoms with E-state index in [9.17, 15) is 4.79 Å². The average Bonchev–Trinajstić information content (AvgIpc) is 3.20. The minimum absolute atomic E-state index is 0.199. The average molecular weight is 799 g/mol. The number of nitrogens with two attached hydrogens (primary N) is 1. The minimum Gasteiger partial charge on any atom is -0.447 e. The zero-order valence-electron chi connectivity index (χ0n) is 37.7. The van der Waals surface area contributed by atoms with Crippen LogP contribution in [0.25, 0.3) is 0 Å². The Morgan fingerprint density at radius 1 is 0.411 bits per heavy atom. The van der Waals surface area contributed by atoms with Crippen LogP contribution in [0.1, 0.15) is 232 Å². The Labute approximate surface area is 349 Å². The highest BCUT2D eigenvalue weighted by Gasteiger charge is 2.13. The lowest BCUT2D eigenvalue weighted by Crippen LogP contribution is -2.33. The number of hydrogen-bond donors (Lipinski definition) is 2. The number of amides is 1. The molecule has 0 unspecified atom stereocenters. The van der Waals surface area contributed by atoms with Gasteiger partial charge in [0.15, 0.2) is 0 Å². The second-order valence-corrected chi connectivity index (χ2v) is 16.4. The van der Waals surface area contributed by atoms with Crippen LogP contribution in [0.5, 0.6) is 0 Å². The number of rotatable bonds is 49. The molecule has 0 rings (SSSR count). The van der Waals surface area contributed by atoms with E-state index in [0.29, 0.717) is 52.7 Å². The van der Waals surface area contributed by atoms with Gasteiger partial charge >= 0.3 is 6.09 Å². The van der Waals surface area contributed by atoms with Crippen LogP contribution in [0.2, 0.25) is 0 Å². The number of nitrogens with one attached hydrogen (secondary N) is 1. The van der Waals surface area contributed by atoms with Gasteiger partial charge in [0.2, 0.25) is 0 Å². The van der Waals surface area contributed by atoms with Gasteiger partial charge in [-0.2, -0.15) is 0 Å². The van der Waals surface area contributed by atoms with Crippen molar-refractivity contribution in [1.82, 2.24) is 5.32 Å². The Bertz CT molecular complexity index is 730. The summed E-state index contributed by atoms with van der Waals surface area (Å²) in [6, 6.07) is 0. The fourth-order valence-corrected chi connectivity index (χ4v) is 7.11. The number of carbonyl (C=O) groups excluding carboxylic acids is 1. The van der Waals surface area contributed by atoms with Gasteiger partial charge < -0.3 is 34.7 Å². The highest BCUT2D eigenvalue weighted by atomic mass is 16.6. The van der Waals surface area contributed by atoms with Gasteiger partial charge in [0.1, 0.15) is 12.7 Å². The molecule has 0 aliphatic carbocycles. The van der Waals surface area contributed by atoms with Crippen LogP contribution >= 0.6 is 0 Å². The van der Waals surface area contributed by atoms with Crippen molar-refractivity contribution in [2.45, 2.75) is 238 Å². The van der Waals surface area contributed by atoms with Gasteiger partial charge in [0.25, 0.3) is 0 Å². The summed E-state index contributed by atoms with van der Waals surface area (Å²) in [4.78, 5) is 12.3. The lowest BCUT2D eigenvalue weighted by Gasteiger charge is -2.18. The quantitative estimate of drug-likeness (QED) is 0.0591. The van der Waals surface area contributed by atoms with Crippen LogP contribution in [-0.4, -0.2) is 78.1 Å². The molecule has 8 nitrogen and oxygen atoms in total. The topological polar surface area (TPSA) is 101 Å². The second-order valence-electron chi connectivity index (χ2n) is 16.4. The number of alkyl carbamates (subject to hydrolysis) is 1. The van der Waals surface area contributed by atoms with E-state index in [-0.39, 0.29) is 12.7 Å². The lowest BCUT2D eigenvalue weighted by molar-refractivity contribution is -0.0469. The summed E-state index contributed by atoms with van der Waals surface area (Å²) in [5, 5.41) is 2.78. The Morgan fingerprint density at radius 2 is 0.768 bits per heavy atom. The molecule has 8 heteroatoms. The highest BCUT2D eigenvalue weighted by molar-refractivity contribution is 5.67. The van der Waals surface area contributed by atoms with Crippen LogP contribution in [0.4, 0.5) is 4.79 Å². The molecule has 0 aromatic heterocycles. The number of unbranched alkanes of at least 4 members (excludes halogenated alkanes) is 30. The van der Waals surface area contributed by atoms with Crippen LogP contribution < -0.4 is 11.1 Å². The summed E-state index contributed by atoms with van der Waals surface area (Å²) >= 11 is 0. The van der Waals surface area contributed by atoms with E-state index >= 15 is 0 Å². The lowest BCUT2D eigenvalue weighted by atomic mass is 10.0. The fourth-order valence-electron chi connectivity index (χ4n) is 7.11. The molecule has 0 aromatic carbocycles. The molecule has 3 N–H and O–H groups in total. The Hall–Kier alpha value is -0.930. The molecule has 0 bridgehead atoms. The summed E-state index contributed by atoms with van der Waals surface area (Å²) in [5.41, 5.74) is 5.47. The normalized spacial score (nSPS) is 12.1. The van der Waals surface area contributed by atoms with Crippen LogP contribution in [0.15, 0.2) is 0 Å². The number of ether oxygens (including phenoxy) is 5. The summed E-state index contributed by atoms with van der Waals surface area (Å²) < 4.78 is 28.8. The SMILES string of the molecule is CCCCCCCCCCCCCCCCCCOC[C@H](COC(=O)NCCOCCCOCCCN)OCCCCCCCCCCCCCCCCCC. The molecule has 0 radical (unpaired) electrons. The first-order valence-corrected chi connectivity index (χ1v) is 24.7. The first-order valence-electron chi connectivity index (χ1n) is 24.7. The summed E-state index contributed by atoms with van der Waals surface area (Å²) in [6.07, 6.45) is 44.5. The third kappa shape index (κ3) is 47.4. The van der Waals surface area contributed by atoms with Crippen molar-refractivity contribution in [2.24, 2.45) is 5.73 Å². The maximum atomic E-state index is 12.3. The molecule has 56 heavy (non-hydrogen) atoms. The van der Waals surface area contributed by atoms with Crippen LogP contribution in [0, 0.1) is 0 Å². The fraction of sp³-hybridized carbons (Fsp3) is 0.979. The van der Waals surface area contributed by atoms with E-state index < -0.39 is 6.09 Å². The summed E-state index contributed by atoms with van der Waals surface area (Å²) in [7, 11) is 0. The zero-order valence-corrected chi connectivity index (χ0v) is 37.7. The Balaban J connectivity index is 4.03. The minimum atomic E-state index is -0.437. The predicted molar refractivity (Wildman–Crippen MR) is 239 cm³/mol. The van der Waals surface area contributed by atoms with E-state index in [1.54, 1.807) is 0 Å². The van der Waals surface area contributed by atoms with Gasteiger partial charge in [0.05, 0.1) is 13.2 Å². The number of carbonyl (C=O) groups is 1. The first-order chi connectivity index (χ1) is 27.7. The largest absolute Gasteiger partial charge is 0.447 e. The van der Waals surface area contributed by atoms with Crippen molar-refractivity contribution in [3.05, 3.63) is 0 Å². The van der Waals surface area contributed by atoms with E-state index in [1.807, 2.05) is 0 Å².